The zero-order valence-corrected chi connectivity index (χ0v) is 10.9. The number of aryl methyl sites for hydroxylation is 2. The van der Waals surface area contributed by atoms with Crippen molar-refractivity contribution in [3.63, 3.8) is 0 Å². The summed E-state index contributed by atoms with van der Waals surface area (Å²) >= 11 is 0. The molecule has 0 saturated heterocycles. The molecule has 1 heterocycles. The first-order valence-electron chi connectivity index (χ1n) is 6.01. The summed E-state index contributed by atoms with van der Waals surface area (Å²) in [4.78, 5) is 0. The van der Waals surface area contributed by atoms with Crippen LogP contribution in [0.5, 0.6) is 5.75 Å². The van der Waals surface area contributed by atoms with Gasteiger partial charge >= 0.3 is 0 Å². The van der Waals surface area contributed by atoms with E-state index in [1.165, 1.54) is 0 Å². The van der Waals surface area contributed by atoms with Gasteiger partial charge in [0.25, 0.3) is 0 Å². The smallest absolute Gasteiger partial charge is 0.133 e. The molecule has 2 rings (SSSR count). The van der Waals surface area contributed by atoms with Gasteiger partial charge in [0.15, 0.2) is 0 Å². The molecule has 1 unspecified atom stereocenters. The fourth-order valence-electron chi connectivity index (χ4n) is 1.89. The second-order valence-corrected chi connectivity index (χ2v) is 4.59. The van der Waals surface area contributed by atoms with Gasteiger partial charge in [-0.3, -0.25) is 0 Å². The van der Waals surface area contributed by atoms with Crippen molar-refractivity contribution < 1.29 is 9.63 Å². The lowest BCUT2D eigenvalue weighted by atomic mass is 10.1. The van der Waals surface area contributed by atoms with Crippen LogP contribution in [0, 0.1) is 13.8 Å². The molecule has 0 amide bonds. The van der Waals surface area contributed by atoms with Gasteiger partial charge in [0.2, 0.25) is 0 Å². The second-order valence-electron chi connectivity index (χ2n) is 4.59. The number of nitrogens with zero attached hydrogens (tertiary/aromatic N) is 1. The first-order valence-corrected chi connectivity index (χ1v) is 6.01. The Morgan fingerprint density at radius 1 is 1.33 bits per heavy atom. The van der Waals surface area contributed by atoms with Gasteiger partial charge < -0.3 is 14.9 Å². The van der Waals surface area contributed by atoms with Crippen molar-refractivity contribution in [3.05, 3.63) is 46.8 Å². The van der Waals surface area contributed by atoms with Gasteiger partial charge in [-0.15, -0.1) is 0 Å². The SMILES string of the molecule is Cc1ccc(C(C)NCc2cc(C)on2)c(O)c1. The maximum atomic E-state index is 9.89. The molecule has 2 N–H and O–H groups in total. The van der Waals surface area contributed by atoms with Crippen molar-refractivity contribution in [1.29, 1.82) is 0 Å². The summed E-state index contributed by atoms with van der Waals surface area (Å²) in [6, 6.07) is 7.66. The van der Waals surface area contributed by atoms with Gasteiger partial charge in [-0.1, -0.05) is 17.3 Å². The summed E-state index contributed by atoms with van der Waals surface area (Å²) in [6.45, 7) is 6.45. The monoisotopic (exact) mass is 246 g/mol. The van der Waals surface area contributed by atoms with E-state index in [0.717, 1.165) is 22.6 Å². The van der Waals surface area contributed by atoms with Crippen molar-refractivity contribution in [3.8, 4) is 5.75 Å². The van der Waals surface area contributed by atoms with E-state index in [4.69, 9.17) is 4.52 Å². The van der Waals surface area contributed by atoms with Crippen molar-refractivity contribution in [2.75, 3.05) is 0 Å². The Morgan fingerprint density at radius 3 is 2.72 bits per heavy atom. The molecule has 0 saturated carbocycles. The van der Waals surface area contributed by atoms with Crippen LogP contribution in [0.3, 0.4) is 0 Å². The van der Waals surface area contributed by atoms with Gasteiger partial charge in [-0.25, -0.2) is 0 Å². The largest absolute Gasteiger partial charge is 0.508 e. The summed E-state index contributed by atoms with van der Waals surface area (Å²) in [5.74, 6) is 1.13. The minimum Gasteiger partial charge on any atom is -0.508 e. The Labute approximate surface area is 107 Å². The summed E-state index contributed by atoms with van der Waals surface area (Å²) in [7, 11) is 0. The molecular weight excluding hydrogens is 228 g/mol. The highest BCUT2D eigenvalue weighted by Gasteiger charge is 2.10. The first kappa shape index (κ1) is 12.6. The minimum atomic E-state index is 0.0580. The highest BCUT2D eigenvalue weighted by molar-refractivity contribution is 5.37. The predicted molar refractivity (Wildman–Crippen MR) is 69.3 cm³/mol. The number of hydrogen-bond donors (Lipinski definition) is 2. The topological polar surface area (TPSA) is 58.3 Å². The van der Waals surface area contributed by atoms with Crippen molar-refractivity contribution in [2.45, 2.75) is 33.4 Å². The second kappa shape index (κ2) is 5.23. The molecule has 0 spiro atoms. The number of aromatic nitrogens is 1. The Morgan fingerprint density at radius 2 is 2.11 bits per heavy atom. The molecule has 1 aromatic heterocycles. The third-order valence-electron chi connectivity index (χ3n) is 2.92. The zero-order chi connectivity index (χ0) is 13.1. The average Bonchev–Trinajstić information content (AvgIpc) is 2.72. The normalized spacial score (nSPS) is 12.6. The van der Waals surface area contributed by atoms with Crippen LogP contribution in [0.15, 0.2) is 28.8 Å². The van der Waals surface area contributed by atoms with Gasteiger partial charge in [-0.2, -0.15) is 0 Å². The fraction of sp³-hybridized carbons (Fsp3) is 0.357. The van der Waals surface area contributed by atoms with Gasteiger partial charge in [-0.05, 0) is 32.4 Å². The van der Waals surface area contributed by atoms with Gasteiger partial charge in [0.05, 0.1) is 5.69 Å². The lowest BCUT2D eigenvalue weighted by molar-refractivity contribution is 0.385. The molecule has 1 atom stereocenters. The van der Waals surface area contributed by atoms with Crippen LogP contribution in [0.4, 0.5) is 0 Å². The Hall–Kier alpha value is -1.81. The van der Waals surface area contributed by atoms with Crippen LogP contribution in [-0.4, -0.2) is 10.3 Å². The van der Waals surface area contributed by atoms with Crippen LogP contribution in [0.2, 0.25) is 0 Å². The van der Waals surface area contributed by atoms with Crippen LogP contribution in [-0.2, 0) is 6.54 Å². The van der Waals surface area contributed by atoms with Gasteiger partial charge in [0, 0.05) is 24.2 Å². The van der Waals surface area contributed by atoms with Crippen molar-refractivity contribution >= 4 is 0 Å². The van der Waals surface area contributed by atoms with E-state index in [-0.39, 0.29) is 6.04 Å². The van der Waals surface area contributed by atoms with E-state index in [1.54, 1.807) is 6.07 Å². The fourth-order valence-corrected chi connectivity index (χ4v) is 1.89. The van der Waals surface area contributed by atoms with E-state index in [1.807, 2.05) is 39.0 Å². The Balaban J connectivity index is 2.01. The number of phenols is 1. The lowest BCUT2D eigenvalue weighted by Crippen LogP contribution is -2.18. The summed E-state index contributed by atoms with van der Waals surface area (Å²) in [5, 5.41) is 17.1. The molecule has 0 bridgehead atoms. The van der Waals surface area contributed by atoms with Crippen molar-refractivity contribution in [1.82, 2.24) is 10.5 Å². The van der Waals surface area contributed by atoms with E-state index < -0.39 is 0 Å². The highest BCUT2D eigenvalue weighted by atomic mass is 16.5. The van der Waals surface area contributed by atoms with Gasteiger partial charge in [0.1, 0.15) is 11.5 Å². The maximum absolute atomic E-state index is 9.89. The minimum absolute atomic E-state index is 0.0580. The number of benzene rings is 1. The third-order valence-corrected chi connectivity index (χ3v) is 2.92. The van der Waals surface area contributed by atoms with E-state index in [9.17, 15) is 5.11 Å². The molecule has 0 fully saturated rings. The number of hydrogen-bond acceptors (Lipinski definition) is 4. The van der Waals surface area contributed by atoms with E-state index in [2.05, 4.69) is 10.5 Å². The molecule has 4 heteroatoms. The first-order chi connectivity index (χ1) is 8.56. The molecule has 4 nitrogen and oxygen atoms in total. The lowest BCUT2D eigenvalue weighted by Gasteiger charge is -2.15. The van der Waals surface area contributed by atoms with E-state index >= 15 is 0 Å². The summed E-state index contributed by atoms with van der Waals surface area (Å²) < 4.78 is 5.00. The quantitative estimate of drug-likeness (QED) is 0.871. The molecule has 0 radical (unpaired) electrons. The standard InChI is InChI=1S/C14H18N2O2/c1-9-4-5-13(14(17)6-9)11(3)15-8-12-7-10(2)18-16-12/h4-7,11,15,17H,8H2,1-3H3. The van der Waals surface area contributed by atoms with Crippen LogP contribution in [0.25, 0.3) is 0 Å². The van der Waals surface area contributed by atoms with E-state index in [0.29, 0.717) is 12.3 Å². The molecule has 1 aromatic carbocycles. The molecule has 0 aliphatic heterocycles. The summed E-state index contributed by atoms with van der Waals surface area (Å²) in [6.07, 6.45) is 0. The molecule has 18 heavy (non-hydrogen) atoms. The molecule has 0 aliphatic carbocycles. The zero-order valence-electron chi connectivity index (χ0n) is 10.9. The molecular formula is C14H18N2O2. The number of nitrogens with one attached hydrogen (secondary N) is 1. The summed E-state index contributed by atoms with van der Waals surface area (Å²) in [5.41, 5.74) is 2.81. The number of aromatic hydroxyl groups is 1. The maximum Gasteiger partial charge on any atom is 0.133 e. The molecule has 2 aromatic rings. The van der Waals surface area contributed by atoms with Crippen LogP contribution < -0.4 is 5.32 Å². The third kappa shape index (κ3) is 2.90. The molecule has 96 valence electrons. The van der Waals surface area contributed by atoms with Crippen LogP contribution >= 0.6 is 0 Å². The molecule has 0 aliphatic rings. The number of phenolic OH excluding ortho intramolecular Hbond substituents is 1. The highest BCUT2D eigenvalue weighted by Crippen LogP contribution is 2.25. The number of rotatable bonds is 4. The Bertz CT molecular complexity index is 534. The Kier molecular flexibility index (Phi) is 3.67. The average molecular weight is 246 g/mol. The van der Waals surface area contributed by atoms with Crippen molar-refractivity contribution in [2.24, 2.45) is 0 Å². The predicted octanol–water partition coefficient (Wildman–Crippen LogP) is 2.85. The van der Waals surface area contributed by atoms with Crippen LogP contribution in [0.1, 0.15) is 35.5 Å².